The lowest BCUT2D eigenvalue weighted by atomic mass is 10.2. The maximum Gasteiger partial charge on any atom is 0.387 e. The number of amides is 1. The van der Waals surface area contributed by atoms with Crippen LogP contribution in [0, 0.1) is 0 Å². The molecule has 2 rings (SSSR count). The first-order chi connectivity index (χ1) is 8.09. The van der Waals surface area contributed by atoms with Gasteiger partial charge in [0.25, 0.3) is 0 Å². The molecule has 0 saturated carbocycles. The lowest BCUT2D eigenvalue weighted by Gasteiger charge is -2.19. The SMILES string of the molecule is NC1CCN(c2ccccc2OC(F)F)C1=O. The van der Waals surface area contributed by atoms with Crippen LogP contribution in [-0.4, -0.2) is 25.1 Å². The summed E-state index contributed by atoms with van der Waals surface area (Å²) in [4.78, 5) is 13.1. The molecule has 1 aliphatic rings. The molecule has 0 aliphatic carbocycles. The summed E-state index contributed by atoms with van der Waals surface area (Å²) in [6.07, 6.45) is 0.516. The first kappa shape index (κ1) is 11.8. The monoisotopic (exact) mass is 242 g/mol. The Balaban J connectivity index is 2.29. The molecule has 0 aromatic heterocycles. The summed E-state index contributed by atoms with van der Waals surface area (Å²) in [6.45, 7) is -2.49. The lowest BCUT2D eigenvalue weighted by Crippen LogP contribution is -2.34. The van der Waals surface area contributed by atoms with Gasteiger partial charge >= 0.3 is 6.61 Å². The van der Waals surface area contributed by atoms with E-state index < -0.39 is 12.7 Å². The minimum atomic E-state index is -2.91. The van der Waals surface area contributed by atoms with Gasteiger partial charge in [0.1, 0.15) is 5.75 Å². The number of ether oxygens (including phenoxy) is 1. The molecule has 1 saturated heterocycles. The summed E-state index contributed by atoms with van der Waals surface area (Å²) < 4.78 is 28.8. The second-order valence-corrected chi connectivity index (χ2v) is 3.73. The molecule has 1 fully saturated rings. The third-order valence-corrected chi connectivity index (χ3v) is 2.62. The molecule has 1 heterocycles. The van der Waals surface area contributed by atoms with Crippen LogP contribution in [0.4, 0.5) is 14.5 Å². The zero-order valence-electron chi connectivity index (χ0n) is 8.98. The van der Waals surface area contributed by atoms with E-state index >= 15 is 0 Å². The molecule has 17 heavy (non-hydrogen) atoms. The van der Waals surface area contributed by atoms with Crippen molar-refractivity contribution in [1.29, 1.82) is 0 Å². The second-order valence-electron chi connectivity index (χ2n) is 3.73. The summed E-state index contributed by atoms with van der Waals surface area (Å²) in [5.74, 6) is -0.278. The summed E-state index contributed by atoms with van der Waals surface area (Å²) >= 11 is 0. The zero-order chi connectivity index (χ0) is 12.4. The average molecular weight is 242 g/mol. The Hall–Kier alpha value is -1.69. The van der Waals surface area contributed by atoms with Crippen molar-refractivity contribution < 1.29 is 18.3 Å². The fraction of sp³-hybridized carbons (Fsp3) is 0.364. The van der Waals surface area contributed by atoms with Gasteiger partial charge in [-0.15, -0.1) is 0 Å². The van der Waals surface area contributed by atoms with E-state index in [1.165, 1.54) is 11.0 Å². The predicted octanol–water partition coefficient (Wildman–Crippen LogP) is 1.35. The summed E-state index contributed by atoms with van der Waals surface area (Å²) in [6, 6.07) is 5.63. The fourth-order valence-electron chi connectivity index (χ4n) is 1.82. The standard InChI is InChI=1S/C11H12F2N2O2/c12-11(13)17-9-4-2-1-3-8(9)15-6-5-7(14)10(15)16/h1-4,7,11H,5-6,14H2. The molecule has 1 amide bonds. The van der Waals surface area contributed by atoms with Crippen LogP contribution in [0.2, 0.25) is 0 Å². The van der Waals surface area contributed by atoms with Crippen molar-refractivity contribution >= 4 is 11.6 Å². The minimum Gasteiger partial charge on any atom is -0.433 e. The van der Waals surface area contributed by atoms with Gasteiger partial charge in [0.2, 0.25) is 5.91 Å². The van der Waals surface area contributed by atoms with E-state index in [1.807, 2.05) is 0 Å². The molecule has 4 nitrogen and oxygen atoms in total. The van der Waals surface area contributed by atoms with Crippen molar-refractivity contribution in [3.63, 3.8) is 0 Å². The molecule has 2 N–H and O–H groups in total. The highest BCUT2D eigenvalue weighted by molar-refractivity contribution is 6.00. The van der Waals surface area contributed by atoms with Crippen LogP contribution in [0.3, 0.4) is 0 Å². The van der Waals surface area contributed by atoms with E-state index in [2.05, 4.69) is 4.74 Å². The summed E-state index contributed by atoms with van der Waals surface area (Å²) in [7, 11) is 0. The molecule has 6 heteroatoms. The summed E-state index contributed by atoms with van der Waals surface area (Å²) in [5, 5.41) is 0. The van der Waals surface area contributed by atoms with Gasteiger partial charge in [-0.2, -0.15) is 8.78 Å². The molecule has 0 spiro atoms. The average Bonchev–Trinajstić information content (AvgIpc) is 2.60. The zero-order valence-corrected chi connectivity index (χ0v) is 8.98. The van der Waals surface area contributed by atoms with Crippen LogP contribution in [0.1, 0.15) is 6.42 Å². The van der Waals surface area contributed by atoms with E-state index in [0.29, 0.717) is 18.7 Å². The van der Waals surface area contributed by atoms with Gasteiger partial charge in [0.05, 0.1) is 11.7 Å². The first-order valence-corrected chi connectivity index (χ1v) is 5.20. The van der Waals surface area contributed by atoms with Crippen molar-refractivity contribution in [2.75, 3.05) is 11.4 Å². The van der Waals surface area contributed by atoms with Gasteiger partial charge in [-0.05, 0) is 18.6 Å². The molecule has 0 radical (unpaired) electrons. The van der Waals surface area contributed by atoms with E-state index in [4.69, 9.17) is 5.73 Å². The third-order valence-electron chi connectivity index (χ3n) is 2.62. The topological polar surface area (TPSA) is 55.6 Å². The number of anilines is 1. The highest BCUT2D eigenvalue weighted by atomic mass is 19.3. The van der Waals surface area contributed by atoms with Crippen LogP contribution in [0.25, 0.3) is 0 Å². The number of rotatable bonds is 3. The minimum absolute atomic E-state index is 0.00931. The molecule has 1 atom stereocenters. The van der Waals surface area contributed by atoms with Gasteiger partial charge in [0, 0.05) is 6.54 Å². The highest BCUT2D eigenvalue weighted by Gasteiger charge is 2.31. The Morgan fingerprint density at radius 3 is 2.71 bits per heavy atom. The van der Waals surface area contributed by atoms with Crippen molar-refractivity contribution in [3.05, 3.63) is 24.3 Å². The van der Waals surface area contributed by atoms with Crippen LogP contribution in [-0.2, 0) is 4.79 Å². The normalized spacial score (nSPS) is 20.1. The van der Waals surface area contributed by atoms with Gasteiger partial charge in [-0.25, -0.2) is 0 Å². The van der Waals surface area contributed by atoms with E-state index in [1.54, 1.807) is 18.2 Å². The van der Waals surface area contributed by atoms with Crippen LogP contribution < -0.4 is 15.4 Å². The molecular weight excluding hydrogens is 230 g/mol. The Labute approximate surface area is 97.0 Å². The largest absolute Gasteiger partial charge is 0.433 e. The molecule has 92 valence electrons. The molecule has 0 bridgehead atoms. The van der Waals surface area contributed by atoms with Crippen molar-refractivity contribution in [3.8, 4) is 5.75 Å². The lowest BCUT2D eigenvalue weighted by molar-refractivity contribution is -0.118. The van der Waals surface area contributed by atoms with Crippen LogP contribution in [0.5, 0.6) is 5.75 Å². The Bertz CT molecular complexity index is 426. The highest BCUT2D eigenvalue weighted by Crippen LogP contribution is 2.31. The first-order valence-electron chi connectivity index (χ1n) is 5.20. The third kappa shape index (κ3) is 2.36. The number of hydrogen-bond acceptors (Lipinski definition) is 3. The number of carbonyl (C=O) groups excluding carboxylic acids is 1. The molecular formula is C11H12F2N2O2. The Kier molecular flexibility index (Phi) is 3.23. The number of hydrogen-bond donors (Lipinski definition) is 1. The smallest absolute Gasteiger partial charge is 0.387 e. The second kappa shape index (κ2) is 4.67. The van der Waals surface area contributed by atoms with Crippen molar-refractivity contribution in [2.24, 2.45) is 5.73 Å². The van der Waals surface area contributed by atoms with Gasteiger partial charge in [-0.3, -0.25) is 4.79 Å². The number of carbonyl (C=O) groups is 1. The molecule has 1 aromatic carbocycles. The number of nitrogens with two attached hydrogens (primary N) is 1. The summed E-state index contributed by atoms with van der Waals surface area (Å²) in [5.41, 5.74) is 5.92. The predicted molar refractivity (Wildman–Crippen MR) is 58.0 cm³/mol. The number of alkyl halides is 2. The number of benzene rings is 1. The quantitative estimate of drug-likeness (QED) is 0.870. The molecule has 1 unspecified atom stereocenters. The van der Waals surface area contributed by atoms with Crippen molar-refractivity contribution in [1.82, 2.24) is 0 Å². The van der Waals surface area contributed by atoms with E-state index in [0.717, 1.165) is 0 Å². The maximum absolute atomic E-state index is 12.2. The van der Waals surface area contributed by atoms with Gasteiger partial charge in [-0.1, -0.05) is 12.1 Å². The number of halogens is 2. The molecule has 1 aliphatic heterocycles. The van der Waals surface area contributed by atoms with Gasteiger partial charge in [0.15, 0.2) is 0 Å². The van der Waals surface area contributed by atoms with Crippen molar-refractivity contribution in [2.45, 2.75) is 19.1 Å². The maximum atomic E-state index is 12.2. The van der Waals surface area contributed by atoms with E-state index in [9.17, 15) is 13.6 Å². The number of nitrogens with zero attached hydrogens (tertiary/aromatic N) is 1. The fourth-order valence-corrected chi connectivity index (χ4v) is 1.82. The molecule has 1 aromatic rings. The van der Waals surface area contributed by atoms with Crippen LogP contribution in [0.15, 0.2) is 24.3 Å². The Morgan fingerprint density at radius 2 is 2.12 bits per heavy atom. The van der Waals surface area contributed by atoms with E-state index in [-0.39, 0.29) is 11.7 Å². The Morgan fingerprint density at radius 1 is 1.41 bits per heavy atom. The number of para-hydroxylation sites is 2. The van der Waals surface area contributed by atoms with Crippen LogP contribution >= 0.6 is 0 Å². The van der Waals surface area contributed by atoms with Gasteiger partial charge < -0.3 is 15.4 Å².